The standard InChI is InChI=1S/C7H14N4O/c1-6(2)12-5-3-4-7-8-10-11-9-7/h6H,3-5H2,1-2H3,(H,8,9,10,11). The maximum atomic E-state index is 5.35. The van der Waals surface area contributed by atoms with Crippen molar-refractivity contribution in [2.75, 3.05) is 6.61 Å². The fourth-order valence-electron chi connectivity index (χ4n) is 0.838. The Morgan fingerprint density at radius 2 is 2.33 bits per heavy atom. The molecular formula is C7H14N4O. The molecule has 0 unspecified atom stereocenters. The Bertz CT molecular complexity index is 197. The van der Waals surface area contributed by atoms with Gasteiger partial charge in [0, 0.05) is 13.0 Å². The molecule has 0 bridgehead atoms. The molecule has 1 aromatic heterocycles. The molecule has 0 saturated carbocycles. The molecule has 0 fully saturated rings. The number of aromatic amines is 1. The van der Waals surface area contributed by atoms with Crippen LogP contribution in [0, 0.1) is 0 Å². The highest BCUT2D eigenvalue weighted by atomic mass is 16.5. The van der Waals surface area contributed by atoms with Crippen LogP contribution in [0.5, 0.6) is 0 Å². The zero-order chi connectivity index (χ0) is 8.81. The molecule has 0 aliphatic heterocycles. The van der Waals surface area contributed by atoms with Crippen molar-refractivity contribution in [3.63, 3.8) is 0 Å². The lowest BCUT2D eigenvalue weighted by atomic mass is 10.3. The van der Waals surface area contributed by atoms with Crippen molar-refractivity contribution in [1.29, 1.82) is 0 Å². The van der Waals surface area contributed by atoms with E-state index >= 15 is 0 Å². The van der Waals surface area contributed by atoms with E-state index in [-0.39, 0.29) is 0 Å². The van der Waals surface area contributed by atoms with Gasteiger partial charge in [0.15, 0.2) is 5.82 Å². The van der Waals surface area contributed by atoms with Crippen molar-refractivity contribution < 1.29 is 4.74 Å². The molecule has 1 N–H and O–H groups in total. The molecule has 0 amide bonds. The number of nitrogens with one attached hydrogen (secondary N) is 1. The number of rotatable bonds is 5. The minimum atomic E-state index is 0.301. The van der Waals surface area contributed by atoms with Gasteiger partial charge in [-0.1, -0.05) is 5.21 Å². The first kappa shape index (κ1) is 9.12. The molecule has 0 saturated heterocycles. The number of tetrazole rings is 1. The zero-order valence-corrected chi connectivity index (χ0v) is 7.45. The van der Waals surface area contributed by atoms with Crippen LogP contribution in [-0.4, -0.2) is 33.3 Å². The van der Waals surface area contributed by atoms with Crippen LogP contribution in [0.15, 0.2) is 0 Å². The van der Waals surface area contributed by atoms with Gasteiger partial charge in [-0.25, -0.2) is 0 Å². The summed E-state index contributed by atoms with van der Waals surface area (Å²) in [6.07, 6.45) is 2.07. The molecule has 0 aliphatic rings. The Morgan fingerprint density at radius 1 is 1.50 bits per heavy atom. The number of nitrogens with zero attached hydrogens (tertiary/aromatic N) is 3. The third-order valence-electron chi connectivity index (χ3n) is 1.39. The highest BCUT2D eigenvalue weighted by molar-refractivity contribution is 4.74. The van der Waals surface area contributed by atoms with E-state index in [1.54, 1.807) is 0 Å². The summed E-state index contributed by atoms with van der Waals surface area (Å²) in [5.74, 6) is 0.752. The van der Waals surface area contributed by atoms with Gasteiger partial charge >= 0.3 is 0 Å². The highest BCUT2D eigenvalue weighted by Gasteiger charge is 1.98. The van der Waals surface area contributed by atoms with Gasteiger partial charge in [-0.05, 0) is 20.3 Å². The van der Waals surface area contributed by atoms with Gasteiger partial charge in [0.1, 0.15) is 0 Å². The van der Waals surface area contributed by atoms with Crippen LogP contribution in [0.2, 0.25) is 0 Å². The van der Waals surface area contributed by atoms with E-state index in [0.29, 0.717) is 6.10 Å². The highest BCUT2D eigenvalue weighted by Crippen LogP contribution is 1.95. The maximum Gasteiger partial charge on any atom is 0.174 e. The Balaban J connectivity index is 2.04. The first-order valence-electron chi connectivity index (χ1n) is 4.13. The summed E-state index contributed by atoms with van der Waals surface area (Å²) < 4.78 is 5.35. The van der Waals surface area contributed by atoms with Crippen molar-refractivity contribution in [3.8, 4) is 0 Å². The van der Waals surface area contributed by atoms with Crippen LogP contribution in [0.3, 0.4) is 0 Å². The quantitative estimate of drug-likeness (QED) is 0.656. The van der Waals surface area contributed by atoms with Gasteiger partial charge in [0.25, 0.3) is 0 Å². The van der Waals surface area contributed by atoms with Crippen molar-refractivity contribution >= 4 is 0 Å². The third-order valence-corrected chi connectivity index (χ3v) is 1.39. The fraction of sp³-hybridized carbons (Fsp3) is 0.857. The van der Waals surface area contributed by atoms with Crippen LogP contribution >= 0.6 is 0 Å². The molecule has 0 aromatic carbocycles. The van der Waals surface area contributed by atoms with E-state index in [4.69, 9.17) is 4.74 Å². The van der Waals surface area contributed by atoms with Gasteiger partial charge in [0.2, 0.25) is 0 Å². The third kappa shape index (κ3) is 3.43. The predicted molar refractivity (Wildman–Crippen MR) is 43.6 cm³/mol. The zero-order valence-electron chi connectivity index (χ0n) is 7.45. The molecule has 12 heavy (non-hydrogen) atoms. The van der Waals surface area contributed by atoms with Gasteiger partial charge in [-0.3, -0.25) is 0 Å². The number of hydrogen-bond donors (Lipinski definition) is 1. The minimum absolute atomic E-state index is 0.301. The van der Waals surface area contributed by atoms with E-state index in [1.165, 1.54) is 0 Å². The lowest BCUT2D eigenvalue weighted by Gasteiger charge is -2.05. The van der Waals surface area contributed by atoms with Crippen molar-refractivity contribution in [1.82, 2.24) is 20.6 Å². The molecule has 0 aliphatic carbocycles. The lowest BCUT2D eigenvalue weighted by Crippen LogP contribution is -2.05. The number of H-pyrrole nitrogens is 1. The predicted octanol–water partition coefficient (Wildman–Crippen LogP) is 0.557. The molecule has 0 radical (unpaired) electrons. The smallest absolute Gasteiger partial charge is 0.174 e. The Hall–Kier alpha value is -0.970. The fourth-order valence-corrected chi connectivity index (χ4v) is 0.838. The second kappa shape index (κ2) is 4.82. The maximum absolute atomic E-state index is 5.35. The van der Waals surface area contributed by atoms with Crippen LogP contribution in [0.4, 0.5) is 0 Å². The summed E-state index contributed by atoms with van der Waals surface area (Å²) >= 11 is 0. The number of aryl methyl sites for hydroxylation is 1. The first-order chi connectivity index (χ1) is 5.79. The molecule has 0 spiro atoms. The second-order valence-corrected chi connectivity index (χ2v) is 2.85. The molecule has 68 valence electrons. The first-order valence-corrected chi connectivity index (χ1v) is 4.13. The Kier molecular flexibility index (Phi) is 3.66. The summed E-state index contributed by atoms with van der Waals surface area (Å²) in [4.78, 5) is 0. The average molecular weight is 170 g/mol. The SMILES string of the molecule is CC(C)OCCCc1nn[nH]n1. The summed E-state index contributed by atoms with van der Waals surface area (Å²) in [7, 11) is 0. The molecular weight excluding hydrogens is 156 g/mol. The van der Waals surface area contributed by atoms with Crippen LogP contribution in [0.25, 0.3) is 0 Å². The van der Waals surface area contributed by atoms with Crippen molar-refractivity contribution in [2.45, 2.75) is 32.8 Å². The monoisotopic (exact) mass is 170 g/mol. The minimum Gasteiger partial charge on any atom is -0.379 e. The van der Waals surface area contributed by atoms with Crippen LogP contribution in [0.1, 0.15) is 26.1 Å². The Labute approximate surface area is 71.5 Å². The van der Waals surface area contributed by atoms with Crippen LogP contribution in [-0.2, 0) is 11.2 Å². The van der Waals surface area contributed by atoms with Gasteiger partial charge < -0.3 is 4.74 Å². The van der Waals surface area contributed by atoms with Gasteiger partial charge in [0.05, 0.1) is 6.10 Å². The van der Waals surface area contributed by atoms with Crippen LogP contribution < -0.4 is 0 Å². The normalized spacial score (nSPS) is 10.9. The average Bonchev–Trinajstić information content (AvgIpc) is 2.49. The topological polar surface area (TPSA) is 63.7 Å². The molecule has 1 heterocycles. The summed E-state index contributed by atoms with van der Waals surface area (Å²) in [5.41, 5.74) is 0. The lowest BCUT2D eigenvalue weighted by molar-refractivity contribution is 0.0769. The van der Waals surface area contributed by atoms with E-state index < -0.39 is 0 Å². The molecule has 1 aromatic rings. The van der Waals surface area contributed by atoms with E-state index in [1.807, 2.05) is 13.8 Å². The molecule has 0 atom stereocenters. The number of hydrogen-bond acceptors (Lipinski definition) is 4. The second-order valence-electron chi connectivity index (χ2n) is 2.85. The largest absolute Gasteiger partial charge is 0.379 e. The molecule has 5 nitrogen and oxygen atoms in total. The Morgan fingerprint density at radius 3 is 2.92 bits per heavy atom. The van der Waals surface area contributed by atoms with Crippen molar-refractivity contribution in [2.24, 2.45) is 0 Å². The number of ether oxygens (including phenoxy) is 1. The molecule has 5 heteroatoms. The molecule has 1 rings (SSSR count). The number of aromatic nitrogens is 4. The summed E-state index contributed by atoms with van der Waals surface area (Å²) in [6.45, 7) is 4.80. The van der Waals surface area contributed by atoms with E-state index in [9.17, 15) is 0 Å². The van der Waals surface area contributed by atoms with Crippen molar-refractivity contribution in [3.05, 3.63) is 5.82 Å². The van der Waals surface area contributed by atoms with E-state index in [0.717, 1.165) is 25.3 Å². The summed E-state index contributed by atoms with van der Waals surface area (Å²) in [6, 6.07) is 0. The van der Waals surface area contributed by atoms with Gasteiger partial charge in [-0.15, -0.1) is 10.2 Å². The summed E-state index contributed by atoms with van der Waals surface area (Å²) in [5, 5.41) is 13.5. The van der Waals surface area contributed by atoms with Gasteiger partial charge in [-0.2, -0.15) is 5.21 Å². The van der Waals surface area contributed by atoms with E-state index in [2.05, 4.69) is 20.6 Å².